The molecule has 1 heterocycles. The molecule has 2 saturated carbocycles. The van der Waals surface area contributed by atoms with Crippen molar-refractivity contribution in [3.8, 4) is 5.75 Å². The van der Waals surface area contributed by atoms with Crippen molar-refractivity contribution in [2.45, 2.75) is 75.4 Å². The van der Waals surface area contributed by atoms with E-state index in [1.165, 1.54) is 6.92 Å². The molecule has 220 valence electrons. The van der Waals surface area contributed by atoms with Crippen molar-refractivity contribution >= 4 is 18.0 Å². The number of nitrogens with zero attached hydrogens (tertiary/aromatic N) is 1. The second-order valence-corrected chi connectivity index (χ2v) is 11.5. The topological polar surface area (TPSA) is 88.1 Å². The average molecular weight is 573 g/mol. The maximum absolute atomic E-state index is 13.4. The lowest BCUT2D eigenvalue weighted by Crippen LogP contribution is -2.70. The minimum absolute atomic E-state index is 0.254. The molecule has 1 aliphatic heterocycles. The summed E-state index contributed by atoms with van der Waals surface area (Å²) >= 11 is 0. The third-order valence-corrected chi connectivity index (χ3v) is 8.46. The van der Waals surface area contributed by atoms with Gasteiger partial charge in [0.05, 0.1) is 11.8 Å². The number of fused-ring (bicyclic) bond motifs is 1. The van der Waals surface area contributed by atoms with Crippen LogP contribution < -0.4 is 10.1 Å². The van der Waals surface area contributed by atoms with Crippen LogP contribution in [-0.2, 0) is 19.7 Å². The predicted octanol–water partition coefficient (Wildman–Crippen LogP) is 5.29. The smallest absolute Gasteiger partial charge is 0.427 e. The number of halogens is 3. The minimum Gasteiger partial charge on any atom is -0.427 e. The summed E-state index contributed by atoms with van der Waals surface area (Å²) < 4.78 is 49.6. The van der Waals surface area contributed by atoms with Crippen molar-refractivity contribution in [1.29, 1.82) is 0 Å². The van der Waals surface area contributed by atoms with Gasteiger partial charge in [-0.3, -0.25) is 14.5 Å². The Labute approximate surface area is 237 Å². The Balaban J connectivity index is 1.50. The van der Waals surface area contributed by atoms with Gasteiger partial charge in [-0.1, -0.05) is 55.3 Å². The average Bonchev–Trinajstić information content (AvgIpc) is 3.72. The van der Waals surface area contributed by atoms with Crippen LogP contribution in [0.5, 0.6) is 5.75 Å². The van der Waals surface area contributed by atoms with Crippen molar-refractivity contribution in [3.05, 3.63) is 71.5 Å². The molecular formula is C31H35F3N2O5. The number of benzene rings is 2. The molecule has 3 fully saturated rings. The zero-order chi connectivity index (χ0) is 29.3. The molecule has 2 aromatic carbocycles. The second-order valence-electron chi connectivity index (χ2n) is 11.5. The van der Waals surface area contributed by atoms with Crippen LogP contribution in [0.15, 0.2) is 60.4 Å². The van der Waals surface area contributed by atoms with Crippen molar-refractivity contribution in [2.24, 2.45) is 5.92 Å². The Morgan fingerprint density at radius 3 is 2.51 bits per heavy atom. The standard InChI is InChI=1S/C31H35F3N2O5/c1-21(37)40-25-11-7-10-24(17-25)29-14-5-6-15-30(29,39)20-36(19-23-12-13-23)27(18-29)35-28(38)26(41-31(32,33)34)16-22-8-3-2-4-9-22/h2-4,7-11,16-17,23,27,39H,5-6,12-15,18-20H2,1H3,(H,35,38)/t27-,29-,30?/m0/s1. The maximum atomic E-state index is 13.4. The third kappa shape index (κ3) is 6.76. The number of piperidine rings is 1. The minimum atomic E-state index is -5.06. The van der Waals surface area contributed by atoms with Crippen LogP contribution in [0.4, 0.5) is 13.2 Å². The van der Waals surface area contributed by atoms with Gasteiger partial charge in [-0.15, -0.1) is 13.2 Å². The summed E-state index contributed by atoms with van der Waals surface area (Å²) in [6.45, 7) is 2.19. The lowest BCUT2D eigenvalue weighted by atomic mass is 9.55. The summed E-state index contributed by atoms with van der Waals surface area (Å²) in [5.41, 5.74) is -0.786. The Hall–Kier alpha value is -3.37. The van der Waals surface area contributed by atoms with Gasteiger partial charge in [0.25, 0.3) is 5.91 Å². The third-order valence-electron chi connectivity index (χ3n) is 8.46. The molecule has 2 aliphatic carbocycles. The lowest BCUT2D eigenvalue weighted by molar-refractivity contribution is -0.304. The number of carbonyl (C=O) groups excluding carboxylic acids is 2. The molecule has 2 N–H and O–H groups in total. The molecule has 0 bridgehead atoms. The first-order valence-corrected chi connectivity index (χ1v) is 14.1. The zero-order valence-corrected chi connectivity index (χ0v) is 23.0. The number of hydrogen-bond acceptors (Lipinski definition) is 6. The fourth-order valence-corrected chi connectivity index (χ4v) is 6.45. The van der Waals surface area contributed by atoms with E-state index >= 15 is 0 Å². The molecule has 2 aromatic rings. The van der Waals surface area contributed by atoms with Crippen LogP contribution in [0, 0.1) is 5.92 Å². The molecule has 1 amide bonds. The Kier molecular flexibility index (Phi) is 8.16. The zero-order valence-electron chi connectivity index (χ0n) is 23.0. The summed E-state index contributed by atoms with van der Waals surface area (Å²) in [5, 5.41) is 15.1. The highest BCUT2D eigenvalue weighted by Gasteiger charge is 2.58. The van der Waals surface area contributed by atoms with Gasteiger partial charge in [0.1, 0.15) is 5.75 Å². The van der Waals surface area contributed by atoms with Crippen molar-refractivity contribution in [1.82, 2.24) is 10.2 Å². The van der Waals surface area contributed by atoms with Crippen LogP contribution in [0.25, 0.3) is 6.08 Å². The molecule has 1 saturated heterocycles. The lowest BCUT2D eigenvalue weighted by Gasteiger charge is -2.59. The first-order valence-electron chi connectivity index (χ1n) is 14.1. The van der Waals surface area contributed by atoms with E-state index in [4.69, 9.17) is 4.74 Å². The van der Waals surface area contributed by atoms with Gasteiger partial charge in [-0.25, -0.2) is 0 Å². The molecule has 3 atom stereocenters. The molecule has 0 spiro atoms. The largest absolute Gasteiger partial charge is 0.573 e. The number of carbonyl (C=O) groups is 2. The molecule has 10 heteroatoms. The molecule has 0 radical (unpaired) electrons. The van der Waals surface area contributed by atoms with Crippen LogP contribution in [0.3, 0.4) is 0 Å². The summed E-state index contributed by atoms with van der Waals surface area (Å²) in [7, 11) is 0. The van der Waals surface area contributed by atoms with E-state index in [1.54, 1.807) is 48.5 Å². The highest BCUT2D eigenvalue weighted by atomic mass is 19.4. The summed E-state index contributed by atoms with van der Waals surface area (Å²) in [4.78, 5) is 27.1. The molecule has 5 rings (SSSR count). The number of β-amino-alcohol motifs (C(OH)–C–C–N with tert-alkyl or cyclic N) is 1. The number of rotatable bonds is 8. The van der Waals surface area contributed by atoms with Crippen LogP contribution >= 0.6 is 0 Å². The van der Waals surface area contributed by atoms with E-state index in [0.717, 1.165) is 37.3 Å². The number of alkyl halides is 3. The Morgan fingerprint density at radius 1 is 1.10 bits per heavy atom. The van der Waals surface area contributed by atoms with Crippen LogP contribution in [0.2, 0.25) is 0 Å². The Morgan fingerprint density at radius 2 is 1.83 bits per heavy atom. The fraction of sp³-hybridized carbons (Fsp3) is 0.484. The molecule has 7 nitrogen and oxygen atoms in total. The van der Waals surface area contributed by atoms with E-state index < -0.39 is 41.2 Å². The summed E-state index contributed by atoms with van der Waals surface area (Å²) in [6, 6.07) is 15.3. The number of ether oxygens (including phenoxy) is 2. The highest BCUT2D eigenvalue weighted by molar-refractivity contribution is 5.96. The Bertz CT molecular complexity index is 1300. The highest BCUT2D eigenvalue weighted by Crippen LogP contribution is 2.53. The van der Waals surface area contributed by atoms with Crippen LogP contribution in [-0.4, -0.2) is 53.1 Å². The maximum Gasteiger partial charge on any atom is 0.573 e. The van der Waals surface area contributed by atoms with E-state index in [9.17, 15) is 27.9 Å². The van der Waals surface area contributed by atoms with Gasteiger partial charge < -0.3 is 19.9 Å². The quantitative estimate of drug-likeness (QED) is 0.194. The summed E-state index contributed by atoms with van der Waals surface area (Å²) in [5.74, 6) is -1.55. The van der Waals surface area contributed by atoms with Crippen molar-refractivity contribution < 1.29 is 37.3 Å². The number of likely N-dealkylation sites (tertiary alicyclic amines) is 1. The van der Waals surface area contributed by atoms with Gasteiger partial charge >= 0.3 is 12.3 Å². The SMILES string of the molecule is CC(=O)Oc1cccc([C@@]23CCCCC2(O)CN(CC2CC2)[C@H](NC(=O)C(=Cc2ccccc2)OC(F)(F)F)C3)c1. The molecule has 41 heavy (non-hydrogen) atoms. The first kappa shape index (κ1) is 29.1. The number of aliphatic hydroxyl groups is 1. The number of amides is 1. The first-order chi connectivity index (χ1) is 19.5. The molecule has 1 unspecified atom stereocenters. The van der Waals surface area contributed by atoms with E-state index in [1.807, 2.05) is 11.0 Å². The summed E-state index contributed by atoms with van der Waals surface area (Å²) in [6.07, 6.45) is 0.519. The fourth-order valence-electron chi connectivity index (χ4n) is 6.45. The molecule has 0 aromatic heterocycles. The second kappa shape index (κ2) is 11.5. The van der Waals surface area contributed by atoms with E-state index in [2.05, 4.69) is 10.1 Å². The molecule has 3 aliphatic rings. The van der Waals surface area contributed by atoms with Gasteiger partial charge in [-0.2, -0.15) is 0 Å². The normalized spacial score (nSPS) is 27.0. The number of esters is 1. The van der Waals surface area contributed by atoms with Crippen molar-refractivity contribution in [2.75, 3.05) is 13.1 Å². The van der Waals surface area contributed by atoms with E-state index in [0.29, 0.717) is 36.6 Å². The number of nitrogens with one attached hydrogen (secondary N) is 1. The van der Waals surface area contributed by atoms with Gasteiger partial charge in [0.2, 0.25) is 0 Å². The number of hydrogen-bond donors (Lipinski definition) is 2. The van der Waals surface area contributed by atoms with Crippen molar-refractivity contribution in [3.63, 3.8) is 0 Å². The van der Waals surface area contributed by atoms with Crippen LogP contribution in [0.1, 0.15) is 63.0 Å². The molecular weight excluding hydrogens is 537 g/mol. The predicted molar refractivity (Wildman–Crippen MR) is 145 cm³/mol. The van der Waals surface area contributed by atoms with Gasteiger partial charge in [0.15, 0.2) is 5.76 Å². The van der Waals surface area contributed by atoms with E-state index in [-0.39, 0.29) is 13.0 Å². The van der Waals surface area contributed by atoms with Gasteiger partial charge in [0, 0.05) is 25.4 Å². The van der Waals surface area contributed by atoms with Gasteiger partial charge in [-0.05, 0) is 67.4 Å². The monoisotopic (exact) mass is 572 g/mol.